The third-order valence-electron chi connectivity index (χ3n) is 3.59. The number of nitrogens with zero attached hydrogens (tertiary/aromatic N) is 4. The minimum Gasteiger partial charge on any atom is -0.345 e. The van der Waals surface area contributed by atoms with Crippen LogP contribution in [0.5, 0.6) is 0 Å². The van der Waals surface area contributed by atoms with E-state index >= 15 is 0 Å². The van der Waals surface area contributed by atoms with Crippen LogP contribution in [0.25, 0.3) is 11.4 Å². The Hall–Kier alpha value is -3.42. The van der Waals surface area contributed by atoms with E-state index in [2.05, 4.69) is 20.3 Å². The molecule has 1 amide bonds. The summed E-state index contributed by atoms with van der Waals surface area (Å²) in [6.07, 6.45) is 2.92. The standard InChI is InChI=1S/C17H14FN5O2/c1-23-15(9-20-17(25)11-2-4-12(18)5-3-11)22-14(8-16(23)24)13-6-7-19-10-21-13/h2-8,10H,9H2,1H3,(H,20,25). The van der Waals surface area contributed by atoms with E-state index in [4.69, 9.17) is 0 Å². The minimum absolute atomic E-state index is 0.0425. The molecular formula is C17H14FN5O2. The summed E-state index contributed by atoms with van der Waals surface area (Å²) < 4.78 is 14.3. The second-order valence-electron chi connectivity index (χ2n) is 5.24. The lowest BCUT2D eigenvalue weighted by molar-refractivity contribution is 0.0949. The van der Waals surface area contributed by atoms with Crippen LogP contribution in [0, 0.1) is 5.82 Å². The Morgan fingerprint density at radius 2 is 1.96 bits per heavy atom. The van der Waals surface area contributed by atoms with Crippen molar-refractivity contribution in [3.63, 3.8) is 0 Å². The van der Waals surface area contributed by atoms with Crippen LogP contribution >= 0.6 is 0 Å². The van der Waals surface area contributed by atoms with E-state index in [0.29, 0.717) is 22.8 Å². The first-order valence-electron chi connectivity index (χ1n) is 7.41. The molecule has 8 heteroatoms. The van der Waals surface area contributed by atoms with Crippen LogP contribution in [0.1, 0.15) is 16.2 Å². The highest BCUT2D eigenvalue weighted by molar-refractivity contribution is 5.94. The van der Waals surface area contributed by atoms with Crippen molar-refractivity contribution in [2.45, 2.75) is 6.54 Å². The third-order valence-corrected chi connectivity index (χ3v) is 3.59. The van der Waals surface area contributed by atoms with Crippen molar-refractivity contribution in [2.75, 3.05) is 0 Å². The number of hydrogen-bond donors (Lipinski definition) is 1. The number of amides is 1. The zero-order valence-corrected chi connectivity index (χ0v) is 13.3. The SMILES string of the molecule is Cn1c(CNC(=O)c2ccc(F)cc2)nc(-c2ccncn2)cc1=O. The summed E-state index contributed by atoms with van der Waals surface area (Å²) in [6.45, 7) is 0.0425. The Labute approximate surface area is 142 Å². The Morgan fingerprint density at radius 3 is 2.64 bits per heavy atom. The Balaban J connectivity index is 1.82. The summed E-state index contributed by atoms with van der Waals surface area (Å²) in [5.41, 5.74) is 0.961. The average molecular weight is 339 g/mol. The van der Waals surface area contributed by atoms with Gasteiger partial charge >= 0.3 is 0 Å². The van der Waals surface area contributed by atoms with E-state index in [0.717, 1.165) is 0 Å². The van der Waals surface area contributed by atoms with Crippen LogP contribution in [0.3, 0.4) is 0 Å². The average Bonchev–Trinajstić information content (AvgIpc) is 2.64. The molecule has 7 nitrogen and oxygen atoms in total. The lowest BCUT2D eigenvalue weighted by Gasteiger charge is -2.10. The molecule has 3 rings (SSSR count). The molecule has 0 radical (unpaired) electrons. The predicted molar refractivity (Wildman–Crippen MR) is 88.1 cm³/mol. The zero-order valence-electron chi connectivity index (χ0n) is 13.3. The second kappa shape index (κ2) is 7.00. The monoisotopic (exact) mass is 339 g/mol. The van der Waals surface area contributed by atoms with E-state index in [1.807, 2.05) is 0 Å². The van der Waals surface area contributed by atoms with Gasteiger partial charge in [0.25, 0.3) is 11.5 Å². The summed E-state index contributed by atoms with van der Waals surface area (Å²) in [4.78, 5) is 36.5. The first-order valence-corrected chi connectivity index (χ1v) is 7.41. The maximum atomic E-state index is 12.9. The topological polar surface area (TPSA) is 89.8 Å². The van der Waals surface area contributed by atoms with Gasteiger partial charge in [-0.05, 0) is 30.3 Å². The summed E-state index contributed by atoms with van der Waals surface area (Å²) >= 11 is 0. The highest BCUT2D eigenvalue weighted by Gasteiger charge is 2.11. The molecule has 2 aromatic heterocycles. The molecule has 0 aliphatic heterocycles. The molecule has 0 fully saturated rings. The first kappa shape index (κ1) is 16.4. The number of carbonyl (C=O) groups excluding carboxylic acids is 1. The Kier molecular flexibility index (Phi) is 4.60. The molecule has 1 aromatic carbocycles. The van der Waals surface area contributed by atoms with Crippen molar-refractivity contribution in [3.05, 3.63) is 76.5 Å². The van der Waals surface area contributed by atoms with Crippen LogP contribution in [-0.4, -0.2) is 25.4 Å². The molecule has 0 saturated heterocycles. The van der Waals surface area contributed by atoms with Crippen molar-refractivity contribution in [3.8, 4) is 11.4 Å². The fourth-order valence-corrected chi connectivity index (χ4v) is 2.18. The van der Waals surface area contributed by atoms with Gasteiger partial charge < -0.3 is 5.32 Å². The lowest BCUT2D eigenvalue weighted by atomic mass is 10.2. The van der Waals surface area contributed by atoms with Gasteiger partial charge in [0.1, 0.15) is 18.0 Å². The number of hydrogen-bond acceptors (Lipinski definition) is 5. The molecule has 0 unspecified atom stereocenters. The van der Waals surface area contributed by atoms with Gasteiger partial charge in [0.2, 0.25) is 0 Å². The summed E-state index contributed by atoms with van der Waals surface area (Å²) in [6, 6.07) is 8.19. The van der Waals surface area contributed by atoms with Gasteiger partial charge in [-0.15, -0.1) is 0 Å². The molecule has 2 heterocycles. The Bertz CT molecular complexity index is 955. The van der Waals surface area contributed by atoms with Crippen LogP contribution in [0.15, 0.2) is 53.7 Å². The van der Waals surface area contributed by atoms with Gasteiger partial charge in [0, 0.05) is 24.9 Å². The van der Waals surface area contributed by atoms with Crippen molar-refractivity contribution in [2.24, 2.45) is 7.05 Å². The molecule has 0 aliphatic rings. The highest BCUT2D eigenvalue weighted by atomic mass is 19.1. The van der Waals surface area contributed by atoms with Gasteiger partial charge in [0.15, 0.2) is 0 Å². The van der Waals surface area contributed by atoms with Crippen molar-refractivity contribution >= 4 is 5.91 Å². The van der Waals surface area contributed by atoms with Crippen LogP contribution in [0.2, 0.25) is 0 Å². The molecule has 0 bridgehead atoms. The van der Waals surface area contributed by atoms with Crippen molar-refractivity contribution < 1.29 is 9.18 Å². The minimum atomic E-state index is -0.418. The van der Waals surface area contributed by atoms with Gasteiger partial charge in [-0.1, -0.05) is 0 Å². The third kappa shape index (κ3) is 3.74. The largest absolute Gasteiger partial charge is 0.345 e. The second-order valence-corrected chi connectivity index (χ2v) is 5.24. The summed E-state index contributed by atoms with van der Waals surface area (Å²) in [5, 5.41) is 2.67. The molecule has 0 spiro atoms. The molecular weight excluding hydrogens is 325 g/mol. The molecule has 25 heavy (non-hydrogen) atoms. The molecule has 126 valence electrons. The van der Waals surface area contributed by atoms with Gasteiger partial charge in [0.05, 0.1) is 17.9 Å². The van der Waals surface area contributed by atoms with Gasteiger partial charge in [-0.25, -0.2) is 19.3 Å². The van der Waals surface area contributed by atoms with E-state index < -0.39 is 5.82 Å². The number of carbonyl (C=O) groups is 1. The summed E-state index contributed by atoms with van der Waals surface area (Å²) in [7, 11) is 1.57. The Morgan fingerprint density at radius 1 is 1.20 bits per heavy atom. The van der Waals surface area contributed by atoms with Gasteiger partial charge in [-0.3, -0.25) is 14.2 Å². The highest BCUT2D eigenvalue weighted by Crippen LogP contribution is 2.11. The number of nitrogens with one attached hydrogen (secondary N) is 1. The quantitative estimate of drug-likeness (QED) is 0.774. The maximum Gasteiger partial charge on any atom is 0.253 e. The van der Waals surface area contributed by atoms with Gasteiger partial charge in [-0.2, -0.15) is 0 Å². The maximum absolute atomic E-state index is 12.9. The van der Waals surface area contributed by atoms with E-state index in [1.54, 1.807) is 19.3 Å². The molecule has 3 aromatic rings. The smallest absolute Gasteiger partial charge is 0.253 e. The fraction of sp³-hybridized carbons (Fsp3) is 0.118. The predicted octanol–water partition coefficient (Wildman–Crippen LogP) is 1.31. The van der Waals surface area contributed by atoms with E-state index in [1.165, 1.54) is 41.2 Å². The van der Waals surface area contributed by atoms with Crippen LogP contribution in [0.4, 0.5) is 4.39 Å². The molecule has 0 aliphatic carbocycles. The zero-order chi connectivity index (χ0) is 17.8. The number of benzene rings is 1. The van der Waals surface area contributed by atoms with E-state index in [-0.39, 0.29) is 18.0 Å². The number of aromatic nitrogens is 4. The van der Waals surface area contributed by atoms with Crippen molar-refractivity contribution in [1.82, 2.24) is 24.8 Å². The number of rotatable bonds is 4. The summed E-state index contributed by atoms with van der Waals surface area (Å²) in [5.74, 6) is -0.434. The molecule has 0 saturated carbocycles. The first-order chi connectivity index (χ1) is 12.0. The van der Waals surface area contributed by atoms with E-state index in [9.17, 15) is 14.0 Å². The normalized spacial score (nSPS) is 10.5. The van der Waals surface area contributed by atoms with Crippen LogP contribution < -0.4 is 10.9 Å². The fourth-order valence-electron chi connectivity index (χ4n) is 2.18. The lowest BCUT2D eigenvalue weighted by Crippen LogP contribution is -2.29. The molecule has 1 N–H and O–H groups in total. The van der Waals surface area contributed by atoms with Crippen molar-refractivity contribution in [1.29, 1.82) is 0 Å². The van der Waals surface area contributed by atoms with Crippen LogP contribution in [-0.2, 0) is 13.6 Å². The number of halogens is 1. The molecule has 0 atom stereocenters.